The molecule has 7 nitrogen and oxygen atoms in total. The second kappa shape index (κ2) is 6.95. The maximum absolute atomic E-state index is 11.3. The van der Waals surface area contributed by atoms with Crippen molar-refractivity contribution in [2.75, 3.05) is 0 Å². The van der Waals surface area contributed by atoms with E-state index in [1.807, 2.05) is 36.9 Å². The molecule has 0 fully saturated rings. The van der Waals surface area contributed by atoms with Crippen molar-refractivity contribution in [2.45, 2.75) is 0 Å². The van der Waals surface area contributed by atoms with E-state index in [1.165, 1.54) is 0 Å². The minimum absolute atomic E-state index is 0.263. The first-order chi connectivity index (χ1) is 15.7. The van der Waals surface area contributed by atoms with Gasteiger partial charge in [-0.15, -0.1) is 0 Å². The van der Waals surface area contributed by atoms with Crippen LogP contribution in [0, 0.1) is 0 Å². The van der Waals surface area contributed by atoms with Gasteiger partial charge in [0.15, 0.2) is 0 Å². The van der Waals surface area contributed by atoms with E-state index in [1.54, 1.807) is 12.1 Å². The van der Waals surface area contributed by atoms with Gasteiger partial charge in [-0.2, -0.15) is 10.2 Å². The third kappa shape index (κ3) is 2.79. The normalized spacial score (nSPS) is 11.4. The molecule has 6 aromatic rings. The molecule has 3 heterocycles. The third-order valence-corrected chi connectivity index (χ3v) is 5.80. The summed E-state index contributed by atoms with van der Waals surface area (Å²) in [6.45, 7) is 0. The summed E-state index contributed by atoms with van der Waals surface area (Å²) in [6.07, 6.45) is 7.37. The molecule has 3 aromatic carbocycles. The highest BCUT2D eigenvalue weighted by Gasteiger charge is 2.15. The van der Waals surface area contributed by atoms with E-state index in [9.17, 15) is 9.90 Å². The predicted octanol–water partition coefficient (Wildman–Crippen LogP) is 5.26. The Hall–Kier alpha value is -4.65. The van der Waals surface area contributed by atoms with Gasteiger partial charge < -0.3 is 9.67 Å². The Bertz CT molecular complexity index is 1490. The molecule has 3 aromatic heterocycles. The van der Waals surface area contributed by atoms with Crippen molar-refractivity contribution in [3.63, 3.8) is 0 Å². The first-order valence-electron chi connectivity index (χ1n) is 10.1. The van der Waals surface area contributed by atoms with Crippen LogP contribution in [-0.2, 0) is 0 Å². The summed E-state index contributed by atoms with van der Waals surface area (Å²) < 4.78 is 2.16. The topological polar surface area (TPSA) is 99.6 Å². The number of hydrogen-bond acceptors (Lipinski definition) is 3. The van der Waals surface area contributed by atoms with Gasteiger partial charge in [-0.3, -0.25) is 10.2 Å². The van der Waals surface area contributed by atoms with Gasteiger partial charge in [0.05, 0.1) is 29.0 Å². The fraction of sp³-hybridized carbons (Fsp3) is 0. The van der Waals surface area contributed by atoms with Gasteiger partial charge in [0, 0.05) is 40.0 Å². The number of aromatic nitrogens is 5. The maximum Gasteiger partial charge on any atom is 0.335 e. The molecule has 0 aliphatic carbocycles. The number of aromatic carboxylic acids is 1. The Morgan fingerprint density at radius 2 is 1.25 bits per heavy atom. The Morgan fingerprint density at radius 3 is 1.69 bits per heavy atom. The number of carboxylic acids is 1. The molecule has 0 aliphatic rings. The molecule has 6 rings (SSSR count). The molecule has 0 spiro atoms. The monoisotopic (exact) mass is 419 g/mol. The second-order valence-electron chi connectivity index (χ2n) is 7.63. The Morgan fingerprint density at radius 1 is 0.719 bits per heavy atom. The number of nitrogens with zero attached hydrogens (tertiary/aromatic N) is 3. The number of nitrogens with one attached hydrogen (secondary N) is 2. The van der Waals surface area contributed by atoms with Crippen molar-refractivity contribution in [3.8, 4) is 27.9 Å². The molecule has 32 heavy (non-hydrogen) atoms. The summed E-state index contributed by atoms with van der Waals surface area (Å²) in [5.41, 5.74) is 7.43. The van der Waals surface area contributed by atoms with Crippen LogP contribution in [0.25, 0.3) is 49.7 Å². The van der Waals surface area contributed by atoms with Crippen molar-refractivity contribution in [1.29, 1.82) is 0 Å². The number of aromatic amines is 2. The predicted molar refractivity (Wildman–Crippen MR) is 123 cm³/mol. The van der Waals surface area contributed by atoms with Gasteiger partial charge >= 0.3 is 5.97 Å². The average molecular weight is 419 g/mol. The highest BCUT2D eigenvalue weighted by Crippen LogP contribution is 2.36. The van der Waals surface area contributed by atoms with Crippen molar-refractivity contribution >= 4 is 27.8 Å². The number of carbonyl (C=O) groups is 1. The van der Waals surface area contributed by atoms with E-state index in [0.717, 1.165) is 49.7 Å². The maximum atomic E-state index is 11.3. The first-order valence-corrected chi connectivity index (χ1v) is 10.1. The van der Waals surface area contributed by atoms with Gasteiger partial charge in [-0.1, -0.05) is 12.1 Å². The molecule has 3 N–H and O–H groups in total. The number of carboxylic acid groups (broad SMARTS) is 1. The van der Waals surface area contributed by atoms with E-state index in [-0.39, 0.29) is 5.56 Å². The lowest BCUT2D eigenvalue weighted by atomic mass is 10.0. The van der Waals surface area contributed by atoms with Crippen molar-refractivity contribution in [1.82, 2.24) is 25.0 Å². The summed E-state index contributed by atoms with van der Waals surface area (Å²) >= 11 is 0. The summed E-state index contributed by atoms with van der Waals surface area (Å²) in [6, 6.07) is 19.6. The molecule has 0 atom stereocenters. The van der Waals surface area contributed by atoms with Crippen LogP contribution in [0.5, 0.6) is 0 Å². The van der Waals surface area contributed by atoms with Crippen molar-refractivity contribution < 1.29 is 9.90 Å². The Labute approximate surface area is 182 Å². The molecule has 0 saturated carbocycles. The van der Waals surface area contributed by atoms with E-state index < -0.39 is 5.97 Å². The van der Waals surface area contributed by atoms with Crippen LogP contribution >= 0.6 is 0 Å². The molecule has 154 valence electrons. The van der Waals surface area contributed by atoms with Crippen LogP contribution < -0.4 is 0 Å². The first kappa shape index (κ1) is 18.1. The summed E-state index contributed by atoms with van der Waals surface area (Å²) in [5.74, 6) is -0.937. The smallest absolute Gasteiger partial charge is 0.335 e. The zero-order valence-corrected chi connectivity index (χ0v) is 16.8. The van der Waals surface area contributed by atoms with Crippen LogP contribution in [0.2, 0.25) is 0 Å². The third-order valence-electron chi connectivity index (χ3n) is 5.80. The molecular weight excluding hydrogens is 402 g/mol. The number of hydrogen-bond donors (Lipinski definition) is 3. The van der Waals surface area contributed by atoms with Gasteiger partial charge in [0.25, 0.3) is 0 Å². The largest absolute Gasteiger partial charge is 0.478 e. The van der Waals surface area contributed by atoms with E-state index in [2.05, 4.69) is 61.4 Å². The van der Waals surface area contributed by atoms with Crippen molar-refractivity contribution in [3.05, 3.63) is 91.0 Å². The van der Waals surface area contributed by atoms with E-state index in [0.29, 0.717) is 0 Å². The Kier molecular flexibility index (Phi) is 3.94. The Balaban J connectivity index is 1.64. The average Bonchev–Trinajstić information content (AvgIpc) is 3.59. The fourth-order valence-corrected chi connectivity index (χ4v) is 4.23. The van der Waals surface area contributed by atoms with Crippen LogP contribution in [0.4, 0.5) is 0 Å². The van der Waals surface area contributed by atoms with Gasteiger partial charge in [-0.05, 0) is 59.7 Å². The number of fused-ring (bicyclic) bond motifs is 3. The quantitative estimate of drug-likeness (QED) is 0.363. The van der Waals surface area contributed by atoms with Gasteiger partial charge in [0.1, 0.15) is 0 Å². The standard InChI is InChI=1S/C25H17N5O2/c31-25(32)15-1-5-20(6-2-15)30-23-7-3-16(18-11-26-27-12-18)9-21(23)22-10-17(4-8-24(22)30)19-13-28-29-14-19/h1-14H,(H,26,27)(H,28,29)(H,31,32). The van der Waals surface area contributed by atoms with Gasteiger partial charge in [-0.25, -0.2) is 4.79 Å². The van der Waals surface area contributed by atoms with Crippen LogP contribution in [0.1, 0.15) is 10.4 Å². The fourth-order valence-electron chi connectivity index (χ4n) is 4.23. The molecular formula is C25H17N5O2. The highest BCUT2D eigenvalue weighted by atomic mass is 16.4. The zero-order chi connectivity index (χ0) is 21.7. The molecule has 0 bridgehead atoms. The summed E-state index contributed by atoms with van der Waals surface area (Å²) in [7, 11) is 0. The SMILES string of the molecule is O=C(O)c1ccc(-n2c3ccc(-c4cn[nH]c4)cc3c3cc(-c4cn[nH]c4)ccc32)cc1. The lowest BCUT2D eigenvalue weighted by molar-refractivity contribution is 0.0697. The lowest BCUT2D eigenvalue weighted by Crippen LogP contribution is -1.98. The van der Waals surface area contributed by atoms with Crippen molar-refractivity contribution in [2.24, 2.45) is 0 Å². The van der Waals surface area contributed by atoms with E-state index >= 15 is 0 Å². The second-order valence-corrected chi connectivity index (χ2v) is 7.63. The van der Waals surface area contributed by atoms with Gasteiger partial charge in [0.2, 0.25) is 0 Å². The van der Waals surface area contributed by atoms with Crippen LogP contribution in [0.15, 0.2) is 85.5 Å². The van der Waals surface area contributed by atoms with Crippen LogP contribution in [0.3, 0.4) is 0 Å². The minimum atomic E-state index is -0.937. The molecule has 0 amide bonds. The molecule has 0 radical (unpaired) electrons. The zero-order valence-electron chi connectivity index (χ0n) is 16.8. The summed E-state index contributed by atoms with van der Waals surface area (Å²) in [4.78, 5) is 11.3. The highest BCUT2D eigenvalue weighted by molar-refractivity contribution is 6.11. The number of benzene rings is 3. The number of rotatable bonds is 4. The molecule has 0 aliphatic heterocycles. The van der Waals surface area contributed by atoms with E-state index in [4.69, 9.17) is 0 Å². The van der Waals surface area contributed by atoms with Crippen LogP contribution in [-0.4, -0.2) is 36.0 Å². The lowest BCUT2D eigenvalue weighted by Gasteiger charge is -2.09. The minimum Gasteiger partial charge on any atom is -0.478 e. The summed E-state index contributed by atoms with van der Waals surface area (Å²) in [5, 5.41) is 25.4. The number of H-pyrrole nitrogens is 2. The molecule has 7 heteroatoms. The molecule has 0 saturated heterocycles. The molecule has 0 unspecified atom stereocenters.